The average molecular weight is 164 g/mol. The third-order valence-corrected chi connectivity index (χ3v) is 1.77. The van der Waals surface area contributed by atoms with E-state index in [1.807, 2.05) is 0 Å². The standard InChI is InChI=1S/C10H16N2/c1-4-5-6-8-12(9-7-11)10(2)3/h1,10H,5-6,8-9H2,2-3H3. The van der Waals surface area contributed by atoms with Crippen molar-refractivity contribution >= 4 is 0 Å². The molecule has 0 saturated heterocycles. The van der Waals surface area contributed by atoms with Crippen LogP contribution in [-0.2, 0) is 0 Å². The van der Waals surface area contributed by atoms with Gasteiger partial charge in [-0.3, -0.25) is 4.90 Å². The molecule has 0 N–H and O–H groups in total. The van der Waals surface area contributed by atoms with Crippen LogP contribution < -0.4 is 0 Å². The topological polar surface area (TPSA) is 27.0 Å². The maximum atomic E-state index is 8.51. The number of hydrogen-bond donors (Lipinski definition) is 0. The summed E-state index contributed by atoms with van der Waals surface area (Å²) >= 11 is 0. The number of hydrogen-bond acceptors (Lipinski definition) is 2. The summed E-state index contributed by atoms with van der Waals surface area (Å²) in [5, 5.41) is 8.51. The molecule has 0 aliphatic rings. The highest BCUT2D eigenvalue weighted by Gasteiger charge is 2.06. The van der Waals surface area contributed by atoms with E-state index >= 15 is 0 Å². The van der Waals surface area contributed by atoms with Gasteiger partial charge in [-0.15, -0.1) is 12.3 Å². The van der Waals surface area contributed by atoms with E-state index < -0.39 is 0 Å². The Morgan fingerprint density at radius 1 is 1.50 bits per heavy atom. The molecule has 0 saturated carbocycles. The van der Waals surface area contributed by atoms with E-state index in [2.05, 4.69) is 30.7 Å². The fraction of sp³-hybridized carbons (Fsp3) is 0.700. The van der Waals surface area contributed by atoms with Gasteiger partial charge in [0, 0.05) is 19.0 Å². The van der Waals surface area contributed by atoms with Gasteiger partial charge in [0.05, 0.1) is 12.6 Å². The average Bonchev–Trinajstić information content (AvgIpc) is 2.03. The van der Waals surface area contributed by atoms with Gasteiger partial charge in [-0.1, -0.05) is 0 Å². The number of unbranched alkanes of at least 4 members (excludes halogenated alkanes) is 1. The second-order valence-corrected chi connectivity index (χ2v) is 3.03. The minimum atomic E-state index is 0.433. The van der Waals surface area contributed by atoms with Gasteiger partial charge < -0.3 is 0 Å². The van der Waals surface area contributed by atoms with Crippen molar-refractivity contribution in [3.8, 4) is 18.4 Å². The van der Waals surface area contributed by atoms with E-state index in [-0.39, 0.29) is 0 Å². The summed E-state index contributed by atoms with van der Waals surface area (Å²) in [6.07, 6.45) is 6.91. The minimum absolute atomic E-state index is 0.433. The fourth-order valence-electron chi connectivity index (χ4n) is 0.995. The van der Waals surface area contributed by atoms with Crippen LogP contribution in [0.15, 0.2) is 0 Å². The molecule has 66 valence electrons. The van der Waals surface area contributed by atoms with Crippen molar-refractivity contribution in [3.05, 3.63) is 0 Å². The monoisotopic (exact) mass is 164 g/mol. The highest BCUT2D eigenvalue weighted by molar-refractivity contribution is 4.85. The van der Waals surface area contributed by atoms with E-state index in [4.69, 9.17) is 11.7 Å². The molecule has 0 rings (SSSR count). The summed E-state index contributed by atoms with van der Waals surface area (Å²) in [4.78, 5) is 2.12. The van der Waals surface area contributed by atoms with Crippen LogP contribution in [0.3, 0.4) is 0 Å². The van der Waals surface area contributed by atoms with E-state index in [1.54, 1.807) is 0 Å². The zero-order valence-corrected chi connectivity index (χ0v) is 7.88. The normalized spacial score (nSPS) is 9.83. The van der Waals surface area contributed by atoms with Gasteiger partial charge in [0.15, 0.2) is 0 Å². The molecular formula is C10H16N2. The predicted molar refractivity (Wildman–Crippen MR) is 50.4 cm³/mol. The lowest BCUT2D eigenvalue weighted by Crippen LogP contribution is -2.32. The van der Waals surface area contributed by atoms with Gasteiger partial charge in [-0.25, -0.2) is 0 Å². The molecule has 0 bridgehead atoms. The van der Waals surface area contributed by atoms with Crippen molar-refractivity contribution in [3.63, 3.8) is 0 Å². The molecule has 12 heavy (non-hydrogen) atoms. The maximum absolute atomic E-state index is 8.51. The van der Waals surface area contributed by atoms with Crippen LogP contribution in [0.5, 0.6) is 0 Å². The zero-order chi connectivity index (χ0) is 9.40. The van der Waals surface area contributed by atoms with Crippen LogP contribution >= 0.6 is 0 Å². The fourth-order valence-corrected chi connectivity index (χ4v) is 0.995. The molecule has 0 spiro atoms. The summed E-state index contributed by atoms with van der Waals surface area (Å²) in [6.45, 7) is 5.61. The molecule has 0 aromatic heterocycles. The van der Waals surface area contributed by atoms with Crippen LogP contribution in [0, 0.1) is 23.7 Å². The van der Waals surface area contributed by atoms with Gasteiger partial charge >= 0.3 is 0 Å². The smallest absolute Gasteiger partial charge is 0.0868 e. The van der Waals surface area contributed by atoms with Gasteiger partial charge in [0.2, 0.25) is 0 Å². The first-order valence-electron chi connectivity index (χ1n) is 4.26. The van der Waals surface area contributed by atoms with Crippen molar-refractivity contribution in [1.29, 1.82) is 5.26 Å². The molecule has 0 atom stereocenters. The van der Waals surface area contributed by atoms with Crippen molar-refractivity contribution in [1.82, 2.24) is 4.90 Å². The molecule has 0 heterocycles. The van der Waals surface area contributed by atoms with Crippen molar-refractivity contribution in [2.24, 2.45) is 0 Å². The molecule has 0 aliphatic heterocycles. The van der Waals surface area contributed by atoms with Crippen molar-refractivity contribution in [2.75, 3.05) is 13.1 Å². The summed E-state index contributed by atoms with van der Waals surface area (Å²) < 4.78 is 0. The Bertz CT molecular complexity index is 183. The molecule has 0 aromatic carbocycles. The Morgan fingerprint density at radius 3 is 2.58 bits per heavy atom. The first-order chi connectivity index (χ1) is 5.72. The number of nitriles is 1. The molecule has 0 aromatic rings. The number of rotatable bonds is 5. The highest BCUT2D eigenvalue weighted by atomic mass is 15.1. The first kappa shape index (κ1) is 11.0. The minimum Gasteiger partial charge on any atom is -0.288 e. The highest BCUT2D eigenvalue weighted by Crippen LogP contribution is 1.99. The Kier molecular flexibility index (Phi) is 6.15. The lowest BCUT2D eigenvalue weighted by Gasteiger charge is -2.22. The Labute approximate surface area is 75.2 Å². The van der Waals surface area contributed by atoms with E-state index in [0.29, 0.717) is 12.6 Å². The maximum Gasteiger partial charge on any atom is 0.0868 e. The molecule has 0 aliphatic carbocycles. The molecular weight excluding hydrogens is 148 g/mol. The molecule has 0 amide bonds. The Morgan fingerprint density at radius 2 is 2.17 bits per heavy atom. The summed E-state index contributed by atoms with van der Waals surface area (Å²) in [5.41, 5.74) is 0. The molecule has 2 nitrogen and oxygen atoms in total. The Hall–Kier alpha value is -0.990. The summed E-state index contributed by atoms with van der Waals surface area (Å²) in [5.74, 6) is 2.59. The molecule has 0 fully saturated rings. The third kappa shape index (κ3) is 4.77. The van der Waals surface area contributed by atoms with E-state index in [0.717, 1.165) is 19.4 Å². The number of terminal acetylenes is 1. The van der Waals surface area contributed by atoms with Gasteiger partial charge in [0.1, 0.15) is 0 Å². The second-order valence-electron chi connectivity index (χ2n) is 3.03. The third-order valence-electron chi connectivity index (χ3n) is 1.77. The molecule has 0 radical (unpaired) electrons. The second kappa shape index (κ2) is 6.70. The first-order valence-corrected chi connectivity index (χ1v) is 4.26. The Balaban J connectivity index is 3.67. The van der Waals surface area contributed by atoms with Crippen molar-refractivity contribution < 1.29 is 0 Å². The molecule has 0 unspecified atom stereocenters. The van der Waals surface area contributed by atoms with E-state index in [1.165, 1.54) is 0 Å². The lowest BCUT2D eigenvalue weighted by atomic mass is 10.2. The van der Waals surface area contributed by atoms with Crippen LogP contribution in [0.2, 0.25) is 0 Å². The quantitative estimate of drug-likeness (QED) is 0.351. The van der Waals surface area contributed by atoms with Crippen LogP contribution in [0.25, 0.3) is 0 Å². The number of nitrogens with zero attached hydrogens (tertiary/aromatic N) is 2. The summed E-state index contributed by atoms with van der Waals surface area (Å²) in [7, 11) is 0. The SMILES string of the molecule is C#CCCCN(CC#N)C(C)C. The zero-order valence-electron chi connectivity index (χ0n) is 7.88. The van der Waals surface area contributed by atoms with Crippen LogP contribution in [0.1, 0.15) is 26.7 Å². The predicted octanol–water partition coefficient (Wildman–Crippen LogP) is 1.63. The summed E-state index contributed by atoms with van der Waals surface area (Å²) in [6, 6.07) is 2.58. The lowest BCUT2D eigenvalue weighted by molar-refractivity contribution is 0.247. The largest absolute Gasteiger partial charge is 0.288 e. The van der Waals surface area contributed by atoms with Crippen molar-refractivity contribution in [2.45, 2.75) is 32.7 Å². The van der Waals surface area contributed by atoms with Gasteiger partial charge in [-0.2, -0.15) is 5.26 Å². The molecule has 2 heteroatoms. The van der Waals surface area contributed by atoms with Gasteiger partial charge in [0.25, 0.3) is 0 Å². The van der Waals surface area contributed by atoms with Crippen LogP contribution in [0.4, 0.5) is 0 Å². The van der Waals surface area contributed by atoms with Gasteiger partial charge in [-0.05, 0) is 20.3 Å². The van der Waals surface area contributed by atoms with Crippen LogP contribution in [-0.4, -0.2) is 24.0 Å². The van der Waals surface area contributed by atoms with E-state index in [9.17, 15) is 0 Å².